The maximum atomic E-state index is 12.2. The molecule has 5 nitrogen and oxygen atoms in total. The summed E-state index contributed by atoms with van der Waals surface area (Å²) in [5.41, 5.74) is 12.5. The highest BCUT2D eigenvalue weighted by molar-refractivity contribution is 7.14. The van der Waals surface area contributed by atoms with Gasteiger partial charge in [-0.25, -0.2) is 5.43 Å². The first-order chi connectivity index (χ1) is 10.5. The molecule has 1 aromatic heterocycles. The van der Waals surface area contributed by atoms with Gasteiger partial charge in [-0.2, -0.15) is 0 Å². The first-order valence-corrected chi connectivity index (χ1v) is 7.84. The average Bonchev–Trinajstić information content (AvgIpc) is 2.89. The quantitative estimate of drug-likeness (QED) is 0.713. The molecule has 2 rings (SSSR count). The topological polar surface area (TPSA) is 84.2 Å². The summed E-state index contributed by atoms with van der Waals surface area (Å²) >= 11 is 1.46. The number of amides is 2. The van der Waals surface area contributed by atoms with Crippen LogP contribution in [-0.4, -0.2) is 11.8 Å². The standard InChI is InChI=1S/C16H19N3O2S/c1-3-12-10(2)9-13(22-12)16(21)19-18-14(15(17)20)11-7-5-4-6-8-11/h4-9,14,18H,3H2,1-2H3,(H2,17,20)(H,19,21). The van der Waals surface area contributed by atoms with Crippen molar-refractivity contribution in [2.24, 2.45) is 5.73 Å². The highest BCUT2D eigenvalue weighted by Gasteiger charge is 2.19. The molecule has 22 heavy (non-hydrogen) atoms. The predicted octanol–water partition coefficient (Wildman–Crippen LogP) is 2.08. The van der Waals surface area contributed by atoms with Gasteiger partial charge in [-0.3, -0.25) is 15.0 Å². The number of primary amides is 1. The molecular formula is C16H19N3O2S. The van der Waals surface area contributed by atoms with Gasteiger partial charge in [-0.05, 0) is 30.5 Å². The van der Waals surface area contributed by atoms with Gasteiger partial charge in [0.1, 0.15) is 6.04 Å². The molecule has 0 radical (unpaired) electrons. The van der Waals surface area contributed by atoms with E-state index in [4.69, 9.17) is 5.73 Å². The van der Waals surface area contributed by atoms with Crippen LogP contribution < -0.4 is 16.6 Å². The van der Waals surface area contributed by atoms with E-state index in [0.717, 1.165) is 12.0 Å². The van der Waals surface area contributed by atoms with Crippen LogP contribution in [0.25, 0.3) is 0 Å². The third-order valence-corrected chi connectivity index (χ3v) is 4.69. The first kappa shape index (κ1) is 16.2. The molecule has 0 aliphatic carbocycles. The molecule has 116 valence electrons. The molecule has 4 N–H and O–H groups in total. The molecule has 6 heteroatoms. The van der Waals surface area contributed by atoms with E-state index in [0.29, 0.717) is 10.4 Å². The van der Waals surface area contributed by atoms with Gasteiger partial charge in [0, 0.05) is 4.88 Å². The lowest BCUT2D eigenvalue weighted by molar-refractivity contribution is -0.120. The monoisotopic (exact) mass is 317 g/mol. The third kappa shape index (κ3) is 3.72. The van der Waals surface area contributed by atoms with Crippen LogP contribution in [0.15, 0.2) is 36.4 Å². The van der Waals surface area contributed by atoms with E-state index in [9.17, 15) is 9.59 Å². The fraction of sp³-hybridized carbons (Fsp3) is 0.250. The van der Waals surface area contributed by atoms with Crippen molar-refractivity contribution in [1.29, 1.82) is 0 Å². The molecule has 1 unspecified atom stereocenters. The van der Waals surface area contributed by atoms with Gasteiger partial charge in [0.15, 0.2) is 0 Å². The van der Waals surface area contributed by atoms with Gasteiger partial charge < -0.3 is 5.73 Å². The fourth-order valence-corrected chi connectivity index (χ4v) is 3.16. The fourth-order valence-electron chi connectivity index (χ4n) is 2.15. The van der Waals surface area contributed by atoms with Crippen LogP contribution in [-0.2, 0) is 11.2 Å². The van der Waals surface area contributed by atoms with Crippen molar-refractivity contribution in [3.05, 3.63) is 57.3 Å². The van der Waals surface area contributed by atoms with Crippen molar-refractivity contribution in [3.8, 4) is 0 Å². The predicted molar refractivity (Wildman–Crippen MR) is 87.4 cm³/mol. The normalized spacial score (nSPS) is 11.9. The zero-order chi connectivity index (χ0) is 16.1. The molecule has 2 aromatic rings. The number of hydrazine groups is 1. The summed E-state index contributed by atoms with van der Waals surface area (Å²) in [6.07, 6.45) is 0.894. The molecule has 2 amide bonds. The number of carbonyl (C=O) groups excluding carboxylic acids is 2. The Morgan fingerprint density at radius 2 is 1.95 bits per heavy atom. The number of carbonyl (C=O) groups is 2. The number of hydrogen-bond acceptors (Lipinski definition) is 4. The average molecular weight is 317 g/mol. The van der Waals surface area contributed by atoms with Crippen LogP contribution in [0, 0.1) is 6.92 Å². The number of nitrogens with two attached hydrogens (primary N) is 1. The minimum absolute atomic E-state index is 0.269. The SMILES string of the molecule is CCc1sc(C(=O)NNC(C(N)=O)c2ccccc2)cc1C. The Morgan fingerprint density at radius 3 is 2.50 bits per heavy atom. The number of nitrogens with one attached hydrogen (secondary N) is 2. The zero-order valence-electron chi connectivity index (χ0n) is 12.6. The molecule has 0 aliphatic rings. The minimum atomic E-state index is -0.767. The van der Waals surface area contributed by atoms with E-state index >= 15 is 0 Å². The first-order valence-electron chi connectivity index (χ1n) is 7.02. The summed E-state index contributed by atoms with van der Waals surface area (Å²) < 4.78 is 0. The van der Waals surface area contributed by atoms with Gasteiger partial charge >= 0.3 is 0 Å². The Bertz CT molecular complexity index is 667. The lowest BCUT2D eigenvalue weighted by Crippen LogP contribution is -2.44. The molecule has 1 heterocycles. The van der Waals surface area contributed by atoms with Gasteiger partial charge in [-0.15, -0.1) is 11.3 Å². The number of thiophene rings is 1. The highest BCUT2D eigenvalue weighted by atomic mass is 32.1. The third-order valence-electron chi connectivity index (χ3n) is 3.31. The number of hydrogen-bond donors (Lipinski definition) is 3. The van der Waals surface area contributed by atoms with Gasteiger partial charge in [-0.1, -0.05) is 37.3 Å². The Hall–Kier alpha value is -2.18. The largest absolute Gasteiger partial charge is 0.368 e. The summed E-state index contributed by atoms with van der Waals surface area (Å²) in [7, 11) is 0. The van der Waals surface area contributed by atoms with Crippen molar-refractivity contribution >= 4 is 23.2 Å². The summed E-state index contributed by atoms with van der Waals surface area (Å²) in [5.74, 6) is -0.821. The Balaban J connectivity index is 2.06. The van der Waals surface area contributed by atoms with E-state index in [1.165, 1.54) is 16.2 Å². The maximum Gasteiger partial charge on any atom is 0.275 e. The van der Waals surface area contributed by atoms with Gasteiger partial charge in [0.25, 0.3) is 5.91 Å². The Labute approximate surface area is 133 Å². The summed E-state index contributed by atoms with van der Waals surface area (Å²) in [5, 5.41) is 0. The molecule has 0 bridgehead atoms. The van der Waals surface area contributed by atoms with Gasteiger partial charge in [0.2, 0.25) is 5.91 Å². The van der Waals surface area contributed by atoms with Crippen molar-refractivity contribution in [2.45, 2.75) is 26.3 Å². The van der Waals surface area contributed by atoms with E-state index in [1.807, 2.05) is 31.2 Å². The summed E-state index contributed by atoms with van der Waals surface area (Å²) in [6.45, 7) is 4.03. The molecule has 0 aliphatic heterocycles. The van der Waals surface area contributed by atoms with Crippen LogP contribution >= 0.6 is 11.3 Å². The Morgan fingerprint density at radius 1 is 1.27 bits per heavy atom. The molecule has 0 fully saturated rings. The molecule has 1 aromatic carbocycles. The minimum Gasteiger partial charge on any atom is -0.368 e. The van der Waals surface area contributed by atoms with Crippen molar-refractivity contribution in [3.63, 3.8) is 0 Å². The summed E-state index contributed by atoms with van der Waals surface area (Å²) in [4.78, 5) is 25.5. The second kappa shape index (κ2) is 7.20. The molecule has 0 saturated carbocycles. The van der Waals surface area contributed by atoms with Crippen molar-refractivity contribution in [1.82, 2.24) is 10.9 Å². The van der Waals surface area contributed by atoms with Crippen LogP contribution in [0.4, 0.5) is 0 Å². The second-order valence-electron chi connectivity index (χ2n) is 4.91. The zero-order valence-corrected chi connectivity index (χ0v) is 13.4. The molecule has 1 atom stereocenters. The molecule has 0 spiro atoms. The number of rotatable bonds is 6. The number of benzene rings is 1. The van der Waals surface area contributed by atoms with E-state index in [-0.39, 0.29) is 5.91 Å². The van der Waals surface area contributed by atoms with Crippen LogP contribution in [0.1, 0.15) is 38.6 Å². The molecular weight excluding hydrogens is 298 g/mol. The van der Waals surface area contributed by atoms with E-state index in [2.05, 4.69) is 17.8 Å². The lowest BCUT2D eigenvalue weighted by Gasteiger charge is -2.16. The van der Waals surface area contributed by atoms with E-state index < -0.39 is 11.9 Å². The Kier molecular flexibility index (Phi) is 5.30. The maximum absolute atomic E-state index is 12.2. The van der Waals surface area contributed by atoms with Crippen molar-refractivity contribution in [2.75, 3.05) is 0 Å². The van der Waals surface area contributed by atoms with Crippen molar-refractivity contribution < 1.29 is 9.59 Å². The highest BCUT2D eigenvalue weighted by Crippen LogP contribution is 2.22. The van der Waals surface area contributed by atoms with Crippen LogP contribution in [0.2, 0.25) is 0 Å². The molecule has 0 saturated heterocycles. The lowest BCUT2D eigenvalue weighted by atomic mass is 10.1. The van der Waals surface area contributed by atoms with Gasteiger partial charge in [0.05, 0.1) is 4.88 Å². The smallest absolute Gasteiger partial charge is 0.275 e. The second-order valence-corrected chi connectivity index (χ2v) is 6.05. The van der Waals surface area contributed by atoms with Crippen LogP contribution in [0.3, 0.4) is 0 Å². The number of aryl methyl sites for hydroxylation is 2. The van der Waals surface area contributed by atoms with Crippen LogP contribution in [0.5, 0.6) is 0 Å². The summed E-state index contributed by atoms with van der Waals surface area (Å²) in [6, 6.07) is 10.1. The van der Waals surface area contributed by atoms with E-state index in [1.54, 1.807) is 12.1 Å².